The fourth-order valence-electron chi connectivity index (χ4n) is 2.58. The van der Waals surface area contributed by atoms with E-state index in [0.29, 0.717) is 10.0 Å². The molecule has 0 spiro atoms. The summed E-state index contributed by atoms with van der Waals surface area (Å²) in [5.74, 6) is -1.76. The molecule has 1 aliphatic heterocycles. The predicted octanol–water partition coefficient (Wildman–Crippen LogP) is 3.66. The number of halogens is 4. The van der Waals surface area contributed by atoms with Crippen LogP contribution in [0.15, 0.2) is 58.1 Å². The first-order valence-electron chi connectivity index (χ1n) is 7.38. The number of rotatable bonds is 2. The van der Waals surface area contributed by atoms with E-state index in [1.54, 1.807) is 12.1 Å². The molecule has 0 fully saturated rings. The minimum Gasteiger partial charge on any atom is -0.507 e. The van der Waals surface area contributed by atoms with Gasteiger partial charge in [0.25, 0.3) is 11.6 Å². The quantitative estimate of drug-likeness (QED) is 0.766. The fourth-order valence-corrected chi connectivity index (χ4v) is 2.98. The number of amides is 1. The van der Waals surface area contributed by atoms with Crippen molar-refractivity contribution >= 4 is 27.5 Å². The van der Waals surface area contributed by atoms with Gasteiger partial charge < -0.3 is 10.2 Å². The summed E-state index contributed by atoms with van der Waals surface area (Å²) in [6.45, 7) is 0. The van der Waals surface area contributed by atoms with E-state index in [1.165, 1.54) is 24.3 Å². The number of aliphatic hydroxyl groups is 1. The van der Waals surface area contributed by atoms with Crippen molar-refractivity contribution in [2.45, 2.75) is 18.3 Å². The van der Waals surface area contributed by atoms with E-state index in [-0.39, 0.29) is 10.7 Å². The maximum atomic E-state index is 13.6. The smallest absolute Gasteiger partial charge is 0.438 e. The third kappa shape index (κ3) is 3.08. The van der Waals surface area contributed by atoms with Crippen LogP contribution in [0, 0.1) is 0 Å². The van der Waals surface area contributed by atoms with Gasteiger partial charge >= 0.3 is 6.18 Å². The summed E-state index contributed by atoms with van der Waals surface area (Å²) in [5, 5.41) is 23.8. The zero-order valence-corrected chi connectivity index (χ0v) is 14.6. The minimum absolute atomic E-state index is 0.0156. The molecule has 1 aliphatic rings. The molecule has 1 heterocycles. The topological polar surface area (TPSA) is 73.1 Å². The normalized spacial score (nSPS) is 20.2. The second-order valence-corrected chi connectivity index (χ2v) is 6.60. The molecule has 3 rings (SSSR count). The Labute approximate surface area is 154 Å². The van der Waals surface area contributed by atoms with Crippen molar-refractivity contribution in [1.29, 1.82) is 0 Å². The highest BCUT2D eigenvalue weighted by Gasteiger charge is 2.63. The lowest BCUT2D eigenvalue weighted by atomic mass is 10.0. The lowest BCUT2D eigenvalue weighted by molar-refractivity contribution is -0.297. The highest BCUT2D eigenvalue weighted by atomic mass is 79.9. The summed E-state index contributed by atoms with van der Waals surface area (Å²) in [6.07, 6.45) is -6.07. The molecular weight excluding hydrogens is 417 g/mol. The molecule has 0 radical (unpaired) electrons. The molecule has 2 N–H and O–H groups in total. The van der Waals surface area contributed by atoms with Crippen molar-refractivity contribution in [3.05, 3.63) is 64.1 Å². The molecule has 2 aromatic carbocycles. The molecule has 5 nitrogen and oxygen atoms in total. The van der Waals surface area contributed by atoms with Gasteiger partial charge in [-0.1, -0.05) is 40.2 Å². The van der Waals surface area contributed by atoms with Crippen LogP contribution in [0.25, 0.3) is 0 Å². The van der Waals surface area contributed by atoms with E-state index in [4.69, 9.17) is 0 Å². The van der Waals surface area contributed by atoms with Gasteiger partial charge in [-0.25, -0.2) is 0 Å². The molecule has 1 atom stereocenters. The average Bonchev–Trinajstić information content (AvgIpc) is 2.94. The summed E-state index contributed by atoms with van der Waals surface area (Å²) in [4.78, 5) is 12.6. The highest BCUT2D eigenvalue weighted by molar-refractivity contribution is 9.10. The minimum atomic E-state index is -5.15. The Morgan fingerprint density at radius 1 is 1.19 bits per heavy atom. The summed E-state index contributed by atoms with van der Waals surface area (Å²) in [7, 11) is 0. The summed E-state index contributed by atoms with van der Waals surface area (Å²) in [5.41, 5.74) is -3.68. The van der Waals surface area contributed by atoms with E-state index in [0.717, 1.165) is 12.1 Å². The molecule has 0 aromatic heterocycles. The van der Waals surface area contributed by atoms with Crippen molar-refractivity contribution in [2.75, 3.05) is 0 Å². The first-order chi connectivity index (χ1) is 12.1. The number of phenols is 1. The molecule has 1 amide bonds. The number of hydrogen-bond donors (Lipinski definition) is 2. The van der Waals surface area contributed by atoms with Crippen LogP contribution in [0.3, 0.4) is 0 Å². The van der Waals surface area contributed by atoms with Gasteiger partial charge in [0.1, 0.15) is 5.75 Å². The number of carbonyl (C=O) groups excluding carboxylic acids is 1. The summed E-state index contributed by atoms with van der Waals surface area (Å²) in [6, 6.07) is 11.5. The lowest BCUT2D eigenvalue weighted by Gasteiger charge is -2.32. The summed E-state index contributed by atoms with van der Waals surface area (Å²) >= 11 is 3.21. The van der Waals surface area contributed by atoms with E-state index in [9.17, 15) is 28.2 Å². The number of nitrogens with zero attached hydrogens (tertiary/aromatic N) is 2. The molecule has 0 saturated heterocycles. The second-order valence-electron chi connectivity index (χ2n) is 5.68. The zero-order valence-electron chi connectivity index (χ0n) is 13.0. The van der Waals surface area contributed by atoms with Gasteiger partial charge in [0.15, 0.2) is 0 Å². The second kappa shape index (κ2) is 6.40. The summed E-state index contributed by atoms with van der Waals surface area (Å²) < 4.78 is 41.3. The van der Waals surface area contributed by atoms with Crippen molar-refractivity contribution < 1.29 is 28.2 Å². The maximum absolute atomic E-state index is 13.6. The first kappa shape index (κ1) is 18.4. The van der Waals surface area contributed by atoms with Gasteiger partial charge in [0.05, 0.1) is 17.7 Å². The first-order valence-corrected chi connectivity index (χ1v) is 8.18. The van der Waals surface area contributed by atoms with Crippen LogP contribution in [0.2, 0.25) is 0 Å². The Morgan fingerprint density at radius 2 is 1.88 bits per heavy atom. The molecule has 0 bridgehead atoms. The van der Waals surface area contributed by atoms with Gasteiger partial charge in [-0.2, -0.15) is 23.3 Å². The molecule has 26 heavy (non-hydrogen) atoms. The Balaban J connectivity index is 2.09. The number of phenolic OH excluding ortho intramolecular Hbond substituents is 1. The zero-order chi connectivity index (χ0) is 19.1. The van der Waals surface area contributed by atoms with Crippen molar-refractivity contribution in [3.8, 4) is 5.75 Å². The van der Waals surface area contributed by atoms with Gasteiger partial charge in [-0.3, -0.25) is 4.79 Å². The number of benzene rings is 2. The largest absolute Gasteiger partial charge is 0.507 e. The monoisotopic (exact) mass is 428 g/mol. The lowest BCUT2D eigenvalue weighted by Crippen LogP contribution is -2.56. The molecule has 0 aliphatic carbocycles. The van der Waals surface area contributed by atoms with Gasteiger partial charge in [0.2, 0.25) is 0 Å². The molecule has 9 heteroatoms. The van der Waals surface area contributed by atoms with Gasteiger partial charge in [0, 0.05) is 4.47 Å². The van der Waals surface area contributed by atoms with E-state index in [2.05, 4.69) is 21.0 Å². The number of alkyl halides is 3. The molecule has 0 unspecified atom stereocenters. The third-order valence-corrected chi connectivity index (χ3v) is 4.42. The Morgan fingerprint density at radius 3 is 2.50 bits per heavy atom. The average molecular weight is 429 g/mol. The van der Waals surface area contributed by atoms with E-state index < -0.39 is 35.5 Å². The predicted molar refractivity (Wildman–Crippen MR) is 90.6 cm³/mol. The molecule has 2 aromatic rings. The fraction of sp³-hybridized carbons (Fsp3) is 0.176. The number of para-hydroxylation sites is 1. The van der Waals surface area contributed by atoms with Crippen LogP contribution in [-0.4, -0.2) is 38.7 Å². The Kier molecular flexibility index (Phi) is 4.53. The Hall–Kier alpha value is -2.39. The number of carbonyl (C=O) groups is 1. The van der Waals surface area contributed by atoms with Gasteiger partial charge in [-0.05, 0) is 29.8 Å². The molecule has 136 valence electrons. The number of hydrogen-bond acceptors (Lipinski definition) is 4. The SMILES string of the molecule is O=C(c1ccccc1O)N1N=C(c2cccc(Br)c2)C[C@]1(O)C(F)(F)F. The van der Waals surface area contributed by atoms with Crippen LogP contribution in [0.1, 0.15) is 22.3 Å². The van der Waals surface area contributed by atoms with Crippen molar-refractivity contribution in [3.63, 3.8) is 0 Å². The molecule has 0 saturated carbocycles. The van der Waals surface area contributed by atoms with E-state index in [1.807, 2.05) is 0 Å². The third-order valence-electron chi connectivity index (χ3n) is 3.92. The van der Waals surface area contributed by atoms with Crippen LogP contribution < -0.4 is 0 Å². The van der Waals surface area contributed by atoms with E-state index >= 15 is 0 Å². The van der Waals surface area contributed by atoms with Crippen LogP contribution >= 0.6 is 15.9 Å². The number of aromatic hydroxyl groups is 1. The van der Waals surface area contributed by atoms with Crippen LogP contribution in [0.4, 0.5) is 13.2 Å². The Bertz CT molecular complexity index is 901. The van der Waals surface area contributed by atoms with Crippen molar-refractivity contribution in [1.82, 2.24) is 5.01 Å². The van der Waals surface area contributed by atoms with Gasteiger partial charge in [-0.15, -0.1) is 0 Å². The van der Waals surface area contributed by atoms with Crippen LogP contribution in [-0.2, 0) is 0 Å². The standard InChI is InChI=1S/C17H12BrF3N2O3/c18-11-5-3-4-10(8-11)13-9-16(26,17(19,20)21)23(22-13)15(25)12-6-1-2-7-14(12)24/h1-8,24,26H,9H2/t16-/m0/s1. The molecular formula is C17H12BrF3N2O3. The van der Waals surface area contributed by atoms with Crippen LogP contribution in [0.5, 0.6) is 5.75 Å². The highest BCUT2D eigenvalue weighted by Crippen LogP contribution is 2.42. The van der Waals surface area contributed by atoms with Crippen molar-refractivity contribution in [2.24, 2.45) is 5.10 Å². The number of hydrazone groups is 1. The maximum Gasteiger partial charge on any atom is 0.438 e.